The first-order chi connectivity index (χ1) is 20.4. The lowest BCUT2D eigenvalue weighted by molar-refractivity contribution is 1.26. The van der Waals surface area contributed by atoms with E-state index in [1.54, 1.807) is 0 Å². The molecule has 0 spiro atoms. The standard InChI is InChI=1S/C13H10.C12H10.C10H8.C6H6/c1-3-7-12-10(5-1)9-11-6-2-4-8-13(11)12;1-3-7-11(8-4-1)12-9-5-2-6-10-12;1-2-6-10-8-4-3-7-9(10)5-1;1-2-4-6-5-3-1/h1-8H,9H2;1-10H;1-8H;1-6H. The minimum atomic E-state index is 1.10. The molecule has 0 heteroatoms. The molecule has 7 aromatic carbocycles. The minimum Gasteiger partial charge on any atom is -0.0623 e. The molecular formula is C41H34. The maximum Gasteiger partial charge on any atom is -0.00135 e. The van der Waals surface area contributed by atoms with Gasteiger partial charge in [0.15, 0.2) is 0 Å². The summed E-state index contributed by atoms with van der Waals surface area (Å²) in [7, 11) is 0. The monoisotopic (exact) mass is 526 g/mol. The van der Waals surface area contributed by atoms with Crippen LogP contribution in [0.3, 0.4) is 0 Å². The molecule has 41 heavy (non-hydrogen) atoms. The van der Waals surface area contributed by atoms with E-state index >= 15 is 0 Å². The van der Waals surface area contributed by atoms with Crippen molar-refractivity contribution in [2.45, 2.75) is 6.42 Å². The number of hydrogen-bond donors (Lipinski definition) is 0. The summed E-state index contributed by atoms with van der Waals surface area (Å²) in [6.07, 6.45) is 1.10. The molecule has 0 aromatic heterocycles. The Morgan fingerprint density at radius 3 is 0.878 bits per heavy atom. The Morgan fingerprint density at radius 2 is 0.512 bits per heavy atom. The van der Waals surface area contributed by atoms with Gasteiger partial charge in [0, 0.05) is 0 Å². The van der Waals surface area contributed by atoms with E-state index < -0.39 is 0 Å². The summed E-state index contributed by atoms with van der Waals surface area (Å²) < 4.78 is 0. The van der Waals surface area contributed by atoms with E-state index in [1.165, 1.54) is 44.2 Å². The van der Waals surface area contributed by atoms with Crippen molar-refractivity contribution in [1.82, 2.24) is 0 Å². The van der Waals surface area contributed by atoms with Gasteiger partial charge in [-0.05, 0) is 50.6 Å². The molecule has 0 unspecified atom stereocenters. The average Bonchev–Trinajstić information content (AvgIpc) is 3.46. The number of rotatable bonds is 1. The predicted molar refractivity (Wildman–Crippen MR) is 177 cm³/mol. The second kappa shape index (κ2) is 14.8. The Hall–Kier alpha value is -5.20. The van der Waals surface area contributed by atoms with Crippen molar-refractivity contribution in [3.8, 4) is 22.3 Å². The smallest absolute Gasteiger partial charge is 0.00135 e. The van der Waals surface area contributed by atoms with Gasteiger partial charge in [-0.15, -0.1) is 0 Å². The summed E-state index contributed by atoms with van der Waals surface area (Å²) >= 11 is 0. The van der Waals surface area contributed by atoms with Gasteiger partial charge in [0.05, 0.1) is 0 Å². The number of hydrogen-bond acceptors (Lipinski definition) is 0. The molecule has 0 fully saturated rings. The van der Waals surface area contributed by atoms with Crippen LogP contribution in [0.5, 0.6) is 0 Å². The Balaban J connectivity index is 0.000000113. The molecule has 0 bridgehead atoms. The molecule has 0 saturated heterocycles. The highest BCUT2D eigenvalue weighted by Crippen LogP contribution is 2.35. The Labute approximate surface area is 244 Å². The lowest BCUT2D eigenvalue weighted by Crippen LogP contribution is -1.77. The second-order valence-corrected chi connectivity index (χ2v) is 9.72. The fourth-order valence-corrected chi connectivity index (χ4v) is 4.86. The van der Waals surface area contributed by atoms with E-state index in [9.17, 15) is 0 Å². The summed E-state index contributed by atoms with van der Waals surface area (Å²) in [6, 6.07) is 66.8. The first kappa shape index (κ1) is 27.4. The van der Waals surface area contributed by atoms with Gasteiger partial charge < -0.3 is 0 Å². The molecule has 8 rings (SSSR count). The second-order valence-electron chi connectivity index (χ2n) is 9.72. The summed E-state index contributed by atoms with van der Waals surface area (Å²) in [6.45, 7) is 0. The first-order valence-corrected chi connectivity index (χ1v) is 14.1. The third-order valence-corrected chi connectivity index (χ3v) is 6.91. The van der Waals surface area contributed by atoms with Crippen molar-refractivity contribution in [2.75, 3.05) is 0 Å². The highest BCUT2D eigenvalue weighted by Gasteiger charge is 2.15. The highest BCUT2D eigenvalue weighted by molar-refractivity contribution is 5.82. The SMILES string of the molecule is c1ccc(-c2ccccc2)cc1.c1ccc2c(c1)Cc1ccccc1-2.c1ccc2ccccc2c1.c1ccccc1. The average molecular weight is 527 g/mol. The summed E-state index contributed by atoms with van der Waals surface area (Å²) in [5.41, 5.74) is 8.31. The third-order valence-electron chi connectivity index (χ3n) is 6.91. The molecule has 0 radical (unpaired) electrons. The van der Waals surface area contributed by atoms with Crippen LogP contribution in [-0.4, -0.2) is 0 Å². The zero-order valence-corrected chi connectivity index (χ0v) is 23.2. The summed E-state index contributed by atoms with van der Waals surface area (Å²) in [5.74, 6) is 0. The van der Waals surface area contributed by atoms with E-state index in [1.807, 2.05) is 48.5 Å². The van der Waals surface area contributed by atoms with Crippen molar-refractivity contribution in [3.63, 3.8) is 0 Å². The van der Waals surface area contributed by atoms with Crippen molar-refractivity contribution in [2.24, 2.45) is 0 Å². The lowest BCUT2D eigenvalue weighted by atomic mass is 10.1. The molecule has 198 valence electrons. The number of benzene rings is 7. The van der Waals surface area contributed by atoms with Crippen LogP contribution in [0.25, 0.3) is 33.0 Å². The lowest BCUT2D eigenvalue weighted by Gasteiger charge is -1.98. The van der Waals surface area contributed by atoms with E-state index in [4.69, 9.17) is 0 Å². The van der Waals surface area contributed by atoms with Gasteiger partial charge in [0.1, 0.15) is 0 Å². The fourth-order valence-electron chi connectivity index (χ4n) is 4.86. The highest BCUT2D eigenvalue weighted by atomic mass is 14.2. The third kappa shape index (κ3) is 7.91. The van der Waals surface area contributed by atoms with Crippen molar-refractivity contribution in [3.05, 3.63) is 205 Å². The fraction of sp³-hybridized carbons (Fsp3) is 0.0244. The van der Waals surface area contributed by atoms with E-state index in [2.05, 4.69) is 146 Å². The van der Waals surface area contributed by atoms with Gasteiger partial charge in [0.2, 0.25) is 0 Å². The quantitative estimate of drug-likeness (QED) is 0.199. The van der Waals surface area contributed by atoms with Gasteiger partial charge in [-0.3, -0.25) is 0 Å². The molecule has 0 saturated carbocycles. The van der Waals surface area contributed by atoms with Crippen LogP contribution in [-0.2, 0) is 6.42 Å². The van der Waals surface area contributed by atoms with Gasteiger partial charge in [-0.1, -0.05) is 194 Å². The van der Waals surface area contributed by atoms with Crippen LogP contribution in [0.1, 0.15) is 11.1 Å². The topological polar surface area (TPSA) is 0 Å². The number of fused-ring (bicyclic) bond motifs is 4. The predicted octanol–water partition coefficient (Wildman–Crippen LogP) is 11.1. The molecule has 1 aliphatic rings. The van der Waals surface area contributed by atoms with Crippen LogP contribution in [0.15, 0.2) is 194 Å². The van der Waals surface area contributed by atoms with Gasteiger partial charge in [-0.25, -0.2) is 0 Å². The largest absolute Gasteiger partial charge is 0.0623 e. The van der Waals surface area contributed by atoms with Gasteiger partial charge in [0.25, 0.3) is 0 Å². The molecule has 0 heterocycles. The molecular weight excluding hydrogens is 492 g/mol. The van der Waals surface area contributed by atoms with Crippen LogP contribution in [0.4, 0.5) is 0 Å². The molecule has 0 atom stereocenters. The van der Waals surface area contributed by atoms with Crippen molar-refractivity contribution in [1.29, 1.82) is 0 Å². The van der Waals surface area contributed by atoms with Crippen molar-refractivity contribution < 1.29 is 0 Å². The van der Waals surface area contributed by atoms with Gasteiger partial charge in [-0.2, -0.15) is 0 Å². The van der Waals surface area contributed by atoms with Crippen LogP contribution < -0.4 is 0 Å². The minimum absolute atomic E-state index is 1.10. The first-order valence-electron chi connectivity index (χ1n) is 14.1. The molecule has 0 aliphatic heterocycles. The Bertz CT molecular complexity index is 1560. The van der Waals surface area contributed by atoms with Gasteiger partial charge >= 0.3 is 0 Å². The Morgan fingerprint density at radius 1 is 0.244 bits per heavy atom. The maximum atomic E-state index is 2.22. The van der Waals surface area contributed by atoms with Crippen LogP contribution in [0, 0.1) is 0 Å². The molecule has 1 aliphatic carbocycles. The Kier molecular flexibility index (Phi) is 9.89. The maximum absolute atomic E-state index is 2.22. The van der Waals surface area contributed by atoms with E-state index in [0.717, 1.165) is 6.42 Å². The van der Waals surface area contributed by atoms with E-state index in [-0.39, 0.29) is 0 Å². The van der Waals surface area contributed by atoms with E-state index in [0.29, 0.717) is 0 Å². The summed E-state index contributed by atoms with van der Waals surface area (Å²) in [4.78, 5) is 0. The molecule has 7 aromatic rings. The zero-order chi connectivity index (χ0) is 28.0. The van der Waals surface area contributed by atoms with Crippen LogP contribution >= 0.6 is 0 Å². The molecule has 0 N–H and O–H groups in total. The molecule has 0 amide bonds. The molecule has 0 nitrogen and oxygen atoms in total. The van der Waals surface area contributed by atoms with Crippen LogP contribution in [0.2, 0.25) is 0 Å². The summed E-state index contributed by atoms with van der Waals surface area (Å²) in [5, 5.41) is 2.62. The normalized spacial score (nSPS) is 10.3. The van der Waals surface area contributed by atoms with Crippen molar-refractivity contribution >= 4 is 10.8 Å². The zero-order valence-electron chi connectivity index (χ0n) is 23.2.